The van der Waals surface area contributed by atoms with Crippen LogP contribution in [0.5, 0.6) is 0 Å². The first-order valence-corrected chi connectivity index (χ1v) is 9.60. The molecule has 7 heteroatoms. The van der Waals surface area contributed by atoms with Crippen molar-refractivity contribution in [3.05, 3.63) is 45.5 Å². The molecule has 2 heterocycles. The summed E-state index contributed by atoms with van der Waals surface area (Å²) in [4.78, 5) is 1.97. The van der Waals surface area contributed by atoms with Crippen LogP contribution in [-0.2, 0) is 20.2 Å². The van der Waals surface area contributed by atoms with Gasteiger partial charge in [-0.25, -0.2) is 0 Å². The molecule has 0 bridgehead atoms. The molecule has 0 aliphatic heterocycles. The number of aliphatic hydroxyl groups is 1. The third kappa shape index (κ3) is 3.70. The van der Waals surface area contributed by atoms with Crippen molar-refractivity contribution in [2.24, 2.45) is 0 Å². The predicted octanol–water partition coefficient (Wildman–Crippen LogP) is 4.50. The van der Waals surface area contributed by atoms with Crippen LogP contribution < -0.4 is 0 Å². The van der Waals surface area contributed by atoms with Gasteiger partial charge in [0, 0.05) is 15.3 Å². The van der Waals surface area contributed by atoms with E-state index in [0.29, 0.717) is 11.3 Å². The molecule has 5 nitrogen and oxygen atoms in total. The van der Waals surface area contributed by atoms with Crippen LogP contribution in [0.1, 0.15) is 40.6 Å². The lowest BCUT2D eigenvalue weighted by Gasteiger charge is -2.24. The normalized spacial score (nSPS) is 13.5. The molecule has 0 saturated heterocycles. The fourth-order valence-corrected chi connectivity index (χ4v) is 5.57. The van der Waals surface area contributed by atoms with Crippen LogP contribution in [0.2, 0.25) is 0 Å². The highest BCUT2D eigenvalue weighted by molar-refractivity contribution is 7.55. The molecule has 0 radical (unpaired) electrons. The zero-order valence-electron chi connectivity index (χ0n) is 12.9. The molecular weight excluding hydrogens is 323 g/mol. The van der Waals surface area contributed by atoms with E-state index in [9.17, 15) is 9.67 Å². The summed E-state index contributed by atoms with van der Waals surface area (Å²) in [6.07, 6.45) is 1.46. The minimum Gasteiger partial charge on any atom is -0.468 e. The van der Waals surface area contributed by atoms with Crippen molar-refractivity contribution in [2.45, 2.75) is 33.0 Å². The lowest BCUT2D eigenvalue weighted by molar-refractivity contribution is 0.213. The van der Waals surface area contributed by atoms with Crippen molar-refractivity contribution in [2.75, 3.05) is 13.2 Å². The maximum Gasteiger partial charge on any atom is 0.346 e. The highest BCUT2D eigenvalue weighted by Crippen LogP contribution is 2.64. The van der Waals surface area contributed by atoms with E-state index in [1.54, 1.807) is 19.9 Å². The molecule has 122 valence electrons. The third-order valence-corrected chi connectivity index (χ3v) is 6.73. The quantitative estimate of drug-likeness (QED) is 0.714. The van der Waals surface area contributed by atoms with Crippen LogP contribution in [0, 0.1) is 6.92 Å². The van der Waals surface area contributed by atoms with Crippen LogP contribution in [0.4, 0.5) is 0 Å². The number of furan rings is 1. The molecule has 0 fully saturated rings. The van der Waals surface area contributed by atoms with Crippen LogP contribution >= 0.6 is 18.9 Å². The predicted molar refractivity (Wildman–Crippen MR) is 86.4 cm³/mol. The Hall–Kier alpha value is -0.910. The third-order valence-electron chi connectivity index (χ3n) is 3.09. The van der Waals surface area contributed by atoms with Gasteiger partial charge in [0.2, 0.25) is 0 Å². The van der Waals surface area contributed by atoms with E-state index >= 15 is 0 Å². The van der Waals surface area contributed by atoms with Crippen molar-refractivity contribution in [1.82, 2.24) is 0 Å². The van der Waals surface area contributed by atoms with Gasteiger partial charge in [-0.05, 0) is 39.0 Å². The Morgan fingerprint density at radius 1 is 1.32 bits per heavy atom. The Balaban J connectivity index is 2.51. The molecule has 0 aromatic carbocycles. The Bertz CT molecular complexity index is 638. The molecular formula is C15H21O5PS. The van der Waals surface area contributed by atoms with E-state index in [0.717, 1.165) is 9.75 Å². The highest BCUT2D eigenvalue weighted by atomic mass is 32.1. The number of rotatable bonds is 8. The van der Waals surface area contributed by atoms with Gasteiger partial charge in [-0.1, -0.05) is 0 Å². The molecule has 0 spiro atoms. The second-order valence-electron chi connectivity index (χ2n) is 4.74. The summed E-state index contributed by atoms with van der Waals surface area (Å²) in [6, 6.07) is 5.58. The van der Waals surface area contributed by atoms with E-state index in [1.807, 2.05) is 19.1 Å². The van der Waals surface area contributed by atoms with Gasteiger partial charge in [0.25, 0.3) is 0 Å². The highest BCUT2D eigenvalue weighted by Gasteiger charge is 2.41. The van der Waals surface area contributed by atoms with Gasteiger partial charge in [-0.15, -0.1) is 11.3 Å². The fourth-order valence-electron chi connectivity index (χ4n) is 2.22. The number of hydrogen-bond acceptors (Lipinski definition) is 6. The number of aryl methyl sites for hydroxylation is 1. The van der Waals surface area contributed by atoms with Crippen LogP contribution in [0.3, 0.4) is 0 Å². The Morgan fingerprint density at radius 3 is 2.45 bits per heavy atom. The van der Waals surface area contributed by atoms with Gasteiger partial charge in [0.05, 0.1) is 26.1 Å². The molecule has 0 saturated carbocycles. The summed E-state index contributed by atoms with van der Waals surface area (Å²) in [6.45, 7) is 5.98. The Morgan fingerprint density at radius 2 is 2.00 bits per heavy atom. The average molecular weight is 344 g/mol. The summed E-state index contributed by atoms with van der Waals surface area (Å²) < 4.78 is 29.8. The summed E-state index contributed by atoms with van der Waals surface area (Å²) in [5, 5.41) is 9.23. The molecule has 1 atom stereocenters. The molecule has 22 heavy (non-hydrogen) atoms. The topological polar surface area (TPSA) is 68.9 Å². The maximum absolute atomic E-state index is 13.3. The molecule has 0 aliphatic carbocycles. The van der Waals surface area contributed by atoms with Crippen molar-refractivity contribution in [3.8, 4) is 0 Å². The van der Waals surface area contributed by atoms with Crippen molar-refractivity contribution in [3.63, 3.8) is 0 Å². The second-order valence-corrected chi connectivity index (χ2v) is 8.17. The standard InChI is InChI=1S/C15H21O5PS/c1-4-19-21(17,20-5-2)15(14-7-6-11(3)22-14)13-8-12(9-16)10-18-13/h6-8,10,15-16H,4-5,9H2,1-3H3. The van der Waals surface area contributed by atoms with Crippen LogP contribution in [0.25, 0.3) is 0 Å². The minimum atomic E-state index is -3.42. The van der Waals surface area contributed by atoms with Crippen LogP contribution in [-0.4, -0.2) is 18.3 Å². The van der Waals surface area contributed by atoms with Gasteiger partial charge in [-0.2, -0.15) is 0 Å². The molecule has 1 unspecified atom stereocenters. The number of aliphatic hydroxyl groups excluding tert-OH is 1. The smallest absolute Gasteiger partial charge is 0.346 e. The Kier molecular flexibility index (Phi) is 6.01. The van der Waals surface area contributed by atoms with Gasteiger partial charge in [0.15, 0.2) is 5.66 Å². The van der Waals surface area contributed by atoms with Gasteiger partial charge < -0.3 is 18.6 Å². The first kappa shape index (κ1) is 17.4. The SMILES string of the molecule is CCOP(=O)(OCC)C(c1cc(CO)co1)c1ccc(C)s1. The Labute approximate surface area is 134 Å². The van der Waals surface area contributed by atoms with E-state index in [2.05, 4.69) is 0 Å². The molecule has 0 aliphatic rings. The van der Waals surface area contributed by atoms with Crippen molar-refractivity contribution in [1.29, 1.82) is 0 Å². The lowest BCUT2D eigenvalue weighted by Crippen LogP contribution is -2.06. The maximum atomic E-state index is 13.3. The molecule has 2 rings (SSSR count). The average Bonchev–Trinajstić information content (AvgIpc) is 3.09. The van der Waals surface area contributed by atoms with Gasteiger partial charge in [-0.3, -0.25) is 4.57 Å². The molecule has 0 amide bonds. The second kappa shape index (κ2) is 7.57. The fraction of sp³-hybridized carbons (Fsp3) is 0.467. The first-order chi connectivity index (χ1) is 10.5. The van der Waals surface area contributed by atoms with E-state index in [-0.39, 0.29) is 19.8 Å². The van der Waals surface area contributed by atoms with E-state index < -0.39 is 13.3 Å². The number of hydrogen-bond donors (Lipinski definition) is 1. The first-order valence-electron chi connectivity index (χ1n) is 7.17. The summed E-state index contributed by atoms with van der Waals surface area (Å²) in [5.41, 5.74) is 0.0132. The monoisotopic (exact) mass is 344 g/mol. The molecule has 2 aromatic rings. The summed E-state index contributed by atoms with van der Waals surface area (Å²) in [7, 11) is -3.42. The minimum absolute atomic E-state index is 0.132. The van der Waals surface area contributed by atoms with Gasteiger partial charge >= 0.3 is 7.60 Å². The summed E-state index contributed by atoms with van der Waals surface area (Å²) in [5.74, 6) is 0.483. The summed E-state index contributed by atoms with van der Waals surface area (Å²) >= 11 is 1.53. The molecule has 1 N–H and O–H groups in total. The van der Waals surface area contributed by atoms with Crippen molar-refractivity contribution >= 4 is 18.9 Å². The van der Waals surface area contributed by atoms with Gasteiger partial charge in [0.1, 0.15) is 5.76 Å². The number of thiophene rings is 1. The zero-order valence-corrected chi connectivity index (χ0v) is 14.7. The van der Waals surface area contributed by atoms with E-state index in [4.69, 9.17) is 13.5 Å². The van der Waals surface area contributed by atoms with Crippen molar-refractivity contribution < 1.29 is 23.1 Å². The van der Waals surface area contributed by atoms with Crippen LogP contribution in [0.15, 0.2) is 28.9 Å². The molecule has 2 aromatic heterocycles. The lowest BCUT2D eigenvalue weighted by atomic mass is 10.2. The van der Waals surface area contributed by atoms with E-state index in [1.165, 1.54) is 17.6 Å². The largest absolute Gasteiger partial charge is 0.468 e. The zero-order chi connectivity index (χ0) is 16.2.